The third kappa shape index (κ3) is 9.22. The van der Waals surface area contributed by atoms with Crippen molar-refractivity contribution in [1.82, 2.24) is 0 Å². The molecule has 10 rings (SSSR count). The zero-order chi connectivity index (χ0) is 52.2. The van der Waals surface area contributed by atoms with E-state index < -0.39 is 160 Å². The number of allylic oxidation sites excluding steroid dienone is 2. The number of ether oxygens (including phenoxy) is 10. The van der Waals surface area contributed by atoms with Crippen LogP contribution in [-0.4, -0.2) is 235 Å². The zero-order valence-electron chi connectivity index (χ0n) is 41.7. The smallest absolute Gasteiger partial charge is 0.187 e. The van der Waals surface area contributed by atoms with Gasteiger partial charge in [0.2, 0.25) is 0 Å². The molecular formula is C50H78O23. The molecule has 0 aromatic heterocycles. The Hall–Kier alpha value is -1.47. The minimum absolute atomic E-state index is 0.0451. The Bertz CT molecular complexity index is 1970. The molecule has 6 aliphatic heterocycles. The molecule has 0 aromatic carbocycles. The van der Waals surface area contributed by atoms with Gasteiger partial charge in [0.05, 0.1) is 45.2 Å². The summed E-state index contributed by atoms with van der Waals surface area (Å²) in [6, 6.07) is 0. The standard InChI is InChI=1S/C50H78O23/c1-19-7-10-50(65-17-19)20(2)32-27(73-50)12-25-23-6-5-21-11-22(8-9-48(21,3)24(23)13-31(55)49(25,32)4)66-45-40(63)37(60)41(30(16-53)69-45)70-47-43(72-46-39(62)36(59)34(57)28(14-51)67-46)42(35(58)29(15-52)68-47)71-44-38(61)33(56)26(54)18-64-44/h13,19-23,25-30,32-47,51-54,56-63H,5-12,14-18H2,1-4H3/t19-,20+,21+,22+,23-,25+,26-,27+,28-,29-,30-,32+,33+,34-,35-,36+,37-,38-,39-,40-,41+,42+,43-,44+,45-,46+,47+,48+,49-,50-/m1/s1. The fourth-order valence-electron chi connectivity index (χ4n) is 14.9. The van der Waals surface area contributed by atoms with E-state index in [-0.39, 0.29) is 46.9 Å². The molecule has 30 atom stereocenters. The SMILES string of the molecule is C[C@@H]1CC[C@@]2(OC1)O[C@H]1C[C@H]3[C@@H]4CC[C@H]5C[C@@H](O[C@@H]6O[C@H](CO)[C@H](O[C@@H]7O[C@H](CO)[C@@H](O)[C@H](O[C@@H]8OC[C@@H](O)[C@H](O)[C@H]8O)[C@H]7O[C@@H]7O[C@H](CO)[C@@H](O)[C@H](O)[C@H]7O)[C@H](O)[C@H]6O)CC[C@]5(C)C4=CC(=O)[C@]3(C)[C@H]1[C@@H]2C. The van der Waals surface area contributed by atoms with Crippen LogP contribution in [0.15, 0.2) is 11.6 Å². The van der Waals surface area contributed by atoms with Gasteiger partial charge in [-0.3, -0.25) is 4.79 Å². The van der Waals surface area contributed by atoms with Gasteiger partial charge >= 0.3 is 0 Å². The van der Waals surface area contributed by atoms with Crippen LogP contribution in [0, 0.1) is 46.3 Å². The maximum atomic E-state index is 14.6. The van der Waals surface area contributed by atoms with Crippen LogP contribution >= 0.6 is 0 Å². The largest absolute Gasteiger partial charge is 0.394 e. The van der Waals surface area contributed by atoms with Crippen molar-refractivity contribution in [1.29, 1.82) is 0 Å². The fourth-order valence-corrected chi connectivity index (χ4v) is 14.9. The first kappa shape index (κ1) is 54.9. The first-order valence-electron chi connectivity index (χ1n) is 26.4. The predicted molar refractivity (Wildman–Crippen MR) is 243 cm³/mol. The molecule has 9 fully saturated rings. The van der Waals surface area contributed by atoms with Gasteiger partial charge in [0, 0.05) is 23.7 Å². The molecule has 73 heavy (non-hydrogen) atoms. The monoisotopic (exact) mass is 1050 g/mol. The first-order valence-corrected chi connectivity index (χ1v) is 26.4. The number of ketones is 1. The lowest BCUT2D eigenvalue weighted by Gasteiger charge is -2.57. The van der Waals surface area contributed by atoms with Crippen molar-refractivity contribution in [3.8, 4) is 0 Å². The van der Waals surface area contributed by atoms with Crippen LogP contribution < -0.4 is 0 Å². The molecule has 1 spiro atoms. The highest BCUT2D eigenvalue weighted by Crippen LogP contribution is 2.69. The van der Waals surface area contributed by atoms with Crippen molar-refractivity contribution in [2.75, 3.05) is 33.0 Å². The van der Waals surface area contributed by atoms with E-state index in [0.29, 0.717) is 31.8 Å². The Morgan fingerprint density at radius 2 is 1.25 bits per heavy atom. The molecule has 0 bridgehead atoms. The van der Waals surface area contributed by atoms with Gasteiger partial charge in [-0.05, 0) is 80.1 Å². The second kappa shape index (κ2) is 21.0. The number of aliphatic hydroxyl groups is 12. The second-order valence-corrected chi connectivity index (χ2v) is 23.3. The Kier molecular flexibility index (Phi) is 15.8. The molecule has 0 amide bonds. The minimum Gasteiger partial charge on any atom is -0.394 e. The number of hydrogen-bond acceptors (Lipinski definition) is 23. The van der Waals surface area contributed by atoms with Crippen molar-refractivity contribution in [2.45, 2.75) is 214 Å². The van der Waals surface area contributed by atoms with E-state index in [2.05, 4.69) is 27.7 Å². The van der Waals surface area contributed by atoms with Gasteiger partial charge < -0.3 is 109 Å². The van der Waals surface area contributed by atoms with Gasteiger partial charge in [-0.25, -0.2) is 0 Å². The second-order valence-electron chi connectivity index (χ2n) is 23.3. The van der Waals surface area contributed by atoms with Crippen LogP contribution in [0.2, 0.25) is 0 Å². The number of carbonyl (C=O) groups excluding carboxylic acids is 1. The van der Waals surface area contributed by atoms with E-state index in [1.807, 2.05) is 6.08 Å². The lowest BCUT2D eigenvalue weighted by molar-refractivity contribution is -0.404. The third-order valence-electron chi connectivity index (χ3n) is 19.3. The van der Waals surface area contributed by atoms with Crippen LogP contribution in [0.4, 0.5) is 0 Å². The summed E-state index contributed by atoms with van der Waals surface area (Å²) in [7, 11) is 0. The molecule has 6 saturated heterocycles. The van der Waals surface area contributed by atoms with E-state index in [4.69, 9.17) is 47.4 Å². The summed E-state index contributed by atoms with van der Waals surface area (Å²) >= 11 is 0. The van der Waals surface area contributed by atoms with Crippen molar-refractivity contribution in [2.24, 2.45) is 46.3 Å². The number of fused-ring (bicyclic) bond motifs is 7. The Morgan fingerprint density at radius 3 is 1.95 bits per heavy atom. The first-order chi connectivity index (χ1) is 34.7. The Labute approximate surface area is 423 Å². The number of aliphatic hydroxyl groups excluding tert-OH is 12. The summed E-state index contributed by atoms with van der Waals surface area (Å²) in [6.07, 6.45) is -25.6. The lowest BCUT2D eigenvalue weighted by Crippen LogP contribution is -2.68. The van der Waals surface area contributed by atoms with E-state index >= 15 is 0 Å². The normalized spacial score (nSPS) is 56.1. The maximum Gasteiger partial charge on any atom is 0.187 e. The Morgan fingerprint density at radius 1 is 0.616 bits per heavy atom. The minimum atomic E-state index is -2.01. The van der Waals surface area contributed by atoms with Gasteiger partial charge in [0.15, 0.2) is 36.7 Å². The molecule has 12 N–H and O–H groups in total. The van der Waals surface area contributed by atoms with Crippen molar-refractivity contribution >= 4 is 5.78 Å². The molecule has 10 aliphatic rings. The van der Waals surface area contributed by atoms with Crippen molar-refractivity contribution in [3.63, 3.8) is 0 Å². The molecule has 0 radical (unpaired) electrons. The van der Waals surface area contributed by atoms with Crippen LogP contribution in [-0.2, 0) is 52.2 Å². The van der Waals surface area contributed by atoms with E-state index in [1.165, 1.54) is 5.57 Å². The van der Waals surface area contributed by atoms with Gasteiger partial charge in [0.25, 0.3) is 0 Å². The highest BCUT2D eigenvalue weighted by atomic mass is 16.8. The quantitative estimate of drug-likeness (QED) is 0.0908. The summed E-state index contributed by atoms with van der Waals surface area (Å²) in [4.78, 5) is 14.6. The van der Waals surface area contributed by atoms with Gasteiger partial charge in [-0.1, -0.05) is 33.3 Å². The van der Waals surface area contributed by atoms with Crippen LogP contribution in [0.25, 0.3) is 0 Å². The number of hydrogen-bond donors (Lipinski definition) is 12. The van der Waals surface area contributed by atoms with Gasteiger partial charge in [-0.15, -0.1) is 0 Å². The summed E-state index contributed by atoms with van der Waals surface area (Å²) in [5.41, 5.74) is 0.356. The molecule has 23 nitrogen and oxygen atoms in total. The van der Waals surface area contributed by atoms with E-state index in [1.54, 1.807) is 0 Å². The highest BCUT2D eigenvalue weighted by Gasteiger charge is 2.71. The molecule has 0 unspecified atom stereocenters. The van der Waals surface area contributed by atoms with E-state index in [9.17, 15) is 66.1 Å². The zero-order valence-corrected chi connectivity index (χ0v) is 41.7. The average Bonchev–Trinajstić information content (AvgIpc) is 3.83. The maximum absolute atomic E-state index is 14.6. The van der Waals surface area contributed by atoms with E-state index in [0.717, 1.165) is 32.1 Å². The van der Waals surface area contributed by atoms with Crippen molar-refractivity contribution in [3.05, 3.63) is 11.6 Å². The topological polar surface area (TPSA) is 352 Å². The van der Waals surface area contributed by atoms with Crippen LogP contribution in [0.1, 0.15) is 79.1 Å². The summed E-state index contributed by atoms with van der Waals surface area (Å²) in [6.45, 7) is 6.41. The fraction of sp³-hybridized carbons (Fsp3) is 0.940. The summed E-state index contributed by atoms with van der Waals surface area (Å²) in [5, 5.41) is 129. The molecule has 3 saturated carbocycles. The lowest BCUT2D eigenvalue weighted by atomic mass is 9.48. The van der Waals surface area contributed by atoms with Crippen LogP contribution in [0.3, 0.4) is 0 Å². The summed E-state index contributed by atoms with van der Waals surface area (Å²) in [5.74, 6) is 0.669. The third-order valence-corrected chi connectivity index (χ3v) is 19.3. The number of rotatable bonds is 11. The number of carbonyl (C=O) groups is 1. The molecule has 416 valence electrons. The molecule has 4 aliphatic carbocycles. The summed E-state index contributed by atoms with van der Waals surface area (Å²) < 4.78 is 61.0. The van der Waals surface area contributed by atoms with Crippen LogP contribution in [0.5, 0.6) is 0 Å². The van der Waals surface area contributed by atoms with Gasteiger partial charge in [0.1, 0.15) is 91.6 Å². The molecule has 6 heterocycles. The average molecular weight is 1050 g/mol. The highest BCUT2D eigenvalue weighted by molar-refractivity contribution is 5.97. The Balaban J connectivity index is 0.831. The van der Waals surface area contributed by atoms with Crippen molar-refractivity contribution < 1.29 is 113 Å². The molecular weight excluding hydrogens is 969 g/mol. The van der Waals surface area contributed by atoms with Gasteiger partial charge in [-0.2, -0.15) is 0 Å². The molecule has 23 heteroatoms. The predicted octanol–water partition coefficient (Wildman–Crippen LogP) is -3.17. The molecule has 0 aromatic rings.